The van der Waals surface area contributed by atoms with E-state index in [1.54, 1.807) is 48.5 Å². The molecule has 3 rings (SSSR count). The summed E-state index contributed by atoms with van der Waals surface area (Å²) in [5.74, 6) is -0.936. The van der Waals surface area contributed by atoms with Gasteiger partial charge in [0.05, 0.1) is 11.3 Å². The van der Waals surface area contributed by atoms with Crippen molar-refractivity contribution >= 4 is 11.6 Å². The topological polar surface area (TPSA) is 38.3 Å². The van der Waals surface area contributed by atoms with Crippen molar-refractivity contribution in [1.82, 2.24) is 0 Å². The Morgan fingerprint density at radius 1 is 1.00 bits per heavy atom. The van der Waals surface area contributed by atoms with Gasteiger partial charge in [0.25, 0.3) is 5.91 Å². The maximum Gasteiger partial charge on any atom is 0.259 e. The molecule has 0 bridgehead atoms. The van der Waals surface area contributed by atoms with Crippen LogP contribution in [0.3, 0.4) is 0 Å². The highest BCUT2D eigenvalue weighted by molar-refractivity contribution is 6.06. The summed E-state index contributed by atoms with van der Waals surface area (Å²) in [7, 11) is 0. The number of para-hydroxylation sites is 1. The van der Waals surface area contributed by atoms with Crippen LogP contribution in [0.5, 0.6) is 5.75 Å². The van der Waals surface area contributed by atoms with Crippen molar-refractivity contribution in [3.8, 4) is 5.75 Å². The molecule has 0 saturated heterocycles. The number of ether oxygens (including phenoxy) is 1. The molecule has 0 spiro atoms. The molecule has 0 aliphatic heterocycles. The zero-order chi connectivity index (χ0) is 18.5. The lowest BCUT2D eigenvalue weighted by molar-refractivity contribution is 0.102. The van der Waals surface area contributed by atoms with Gasteiger partial charge < -0.3 is 10.1 Å². The number of benzene rings is 3. The molecule has 0 aliphatic rings. The van der Waals surface area contributed by atoms with Gasteiger partial charge in [0.15, 0.2) is 0 Å². The summed E-state index contributed by atoms with van der Waals surface area (Å²) in [6.07, 6.45) is 0. The summed E-state index contributed by atoms with van der Waals surface area (Å²) in [6, 6.07) is 17.1. The Hall–Kier alpha value is -3.21. The second-order valence-corrected chi connectivity index (χ2v) is 5.85. The van der Waals surface area contributed by atoms with Gasteiger partial charge in [0.1, 0.15) is 24.0 Å². The third kappa shape index (κ3) is 4.25. The molecule has 3 aromatic rings. The minimum Gasteiger partial charge on any atom is -0.488 e. The molecule has 0 aliphatic carbocycles. The van der Waals surface area contributed by atoms with Crippen molar-refractivity contribution in [3.05, 3.63) is 95.1 Å². The minimum absolute atomic E-state index is 0.114. The second kappa shape index (κ2) is 7.78. The lowest BCUT2D eigenvalue weighted by Gasteiger charge is -2.12. The Kier molecular flexibility index (Phi) is 5.27. The summed E-state index contributed by atoms with van der Waals surface area (Å²) in [6.45, 7) is 2.00. The first-order valence-electron chi connectivity index (χ1n) is 8.07. The van der Waals surface area contributed by atoms with E-state index in [1.165, 1.54) is 18.2 Å². The second-order valence-electron chi connectivity index (χ2n) is 5.85. The monoisotopic (exact) mass is 353 g/mol. The molecule has 1 amide bonds. The average molecular weight is 353 g/mol. The van der Waals surface area contributed by atoms with Crippen LogP contribution in [0.15, 0.2) is 66.7 Å². The molecule has 0 radical (unpaired) electrons. The number of anilines is 1. The number of carbonyl (C=O) groups is 1. The molecular formula is C21H17F2NO2. The predicted molar refractivity (Wildman–Crippen MR) is 96.3 cm³/mol. The molecule has 5 heteroatoms. The van der Waals surface area contributed by atoms with Crippen LogP contribution in [0.1, 0.15) is 21.5 Å². The number of halogens is 2. The number of rotatable bonds is 5. The Morgan fingerprint density at radius 3 is 2.50 bits per heavy atom. The van der Waals surface area contributed by atoms with Gasteiger partial charge >= 0.3 is 0 Å². The van der Waals surface area contributed by atoms with Gasteiger partial charge in [-0.2, -0.15) is 0 Å². The molecule has 26 heavy (non-hydrogen) atoms. The smallest absolute Gasteiger partial charge is 0.259 e. The molecule has 1 N–H and O–H groups in total. The number of amides is 1. The fourth-order valence-electron chi connectivity index (χ4n) is 2.45. The first-order valence-corrected chi connectivity index (χ1v) is 8.07. The Morgan fingerprint density at radius 2 is 1.73 bits per heavy atom. The third-order valence-electron chi connectivity index (χ3n) is 3.81. The maximum absolute atomic E-state index is 13.9. The van der Waals surface area contributed by atoms with Crippen molar-refractivity contribution in [2.45, 2.75) is 13.5 Å². The largest absolute Gasteiger partial charge is 0.488 e. The third-order valence-corrected chi connectivity index (χ3v) is 3.81. The summed E-state index contributed by atoms with van der Waals surface area (Å²) in [4.78, 5) is 12.5. The lowest BCUT2D eigenvalue weighted by Crippen LogP contribution is -2.14. The van der Waals surface area contributed by atoms with Crippen LogP contribution in [0.2, 0.25) is 0 Å². The fourth-order valence-corrected chi connectivity index (χ4v) is 2.45. The van der Waals surface area contributed by atoms with Crippen LogP contribution in [0.4, 0.5) is 14.5 Å². The van der Waals surface area contributed by atoms with Gasteiger partial charge in [-0.15, -0.1) is 0 Å². The molecule has 0 unspecified atom stereocenters. The van der Waals surface area contributed by atoms with Gasteiger partial charge in [0.2, 0.25) is 0 Å². The first kappa shape index (κ1) is 17.6. The van der Waals surface area contributed by atoms with Crippen molar-refractivity contribution < 1.29 is 18.3 Å². The van der Waals surface area contributed by atoms with E-state index in [0.717, 1.165) is 11.1 Å². The van der Waals surface area contributed by atoms with Crippen molar-refractivity contribution in [3.63, 3.8) is 0 Å². The molecule has 132 valence electrons. The van der Waals surface area contributed by atoms with E-state index in [9.17, 15) is 13.6 Å². The quantitative estimate of drug-likeness (QED) is 0.693. The molecule has 0 aromatic heterocycles. The van der Waals surface area contributed by atoms with E-state index in [-0.39, 0.29) is 23.7 Å². The highest BCUT2D eigenvalue weighted by Crippen LogP contribution is 2.22. The van der Waals surface area contributed by atoms with E-state index in [0.29, 0.717) is 5.75 Å². The Balaban J connectivity index is 1.76. The molecular weight excluding hydrogens is 336 g/mol. The van der Waals surface area contributed by atoms with Gasteiger partial charge in [-0.25, -0.2) is 8.78 Å². The zero-order valence-corrected chi connectivity index (χ0v) is 14.1. The van der Waals surface area contributed by atoms with Crippen LogP contribution in [0, 0.1) is 18.6 Å². The van der Waals surface area contributed by atoms with Gasteiger partial charge in [0, 0.05) is 0 Å². The Labute approximate surface area is 150 Å². The molecule has 3 aromatic carbocycles. The van der Waals surface area contributed by atoms with E-state index < -0.39 is 11.7 Å². The van der Waals surface area contributed by atoms with Crippen LogP contribution in [-0.2, 0) is 6.61 Å². The normalized spacial score (nSPS) is 10.4. The van der Waals surface area contributed by atoms with Crippen LogP contribution >= 0.6 is 0 Å². The summed E-state index contributed by atoms with van der Waals surface area (Å²) >= 11 is 0. The molecule has 0 fully saturated rings. The van der Waals surface area contributed by atoms with Gasteiger partial charge in [-0.1, -0.05) is 30.3 Å². The predicted octanol–water partition coefficient (Wildman–Crippen LogP) is 5.10. The van der Waals surface area contributed by atoms with Crippen LogP contribution < -0.4 is 10.1 Å². The van der Waals surface area contributed by atoms with Crippen molar-refractivity contribution in [1.29, 1.82) is 0 Å². The zero-order valence-electron chi connectivity index (χ0n) is 14.1. The number of nitrogens with one attached hydrogen (secondary N) is 1. The van der Waals surface area contributed by atoms with Crippen LogP contribution in [0.25, 0.3) is 0 Å². The van der Waals surface area contributed by atoms with E-state index in [1.807, 2.05) is 6.92 Å². The molecule has 0 heterocycles. The molecule has 0 atom stereocenters. The highest BCUT2D eigenvalue weighted by atomic mass is 19.1. The first-order chi connectivity index (χ1) is 12.5. The summed E-state index contributed by atoms with van der Waals surface area (Å²) < 4.78 is 32.5. The van der Waals surface area contributed by atoms with Crippen LogP contribution in [-0.4, -0.2) is 5.91 Å². The van der Waals surface area contributed by atoms with Gasteiger partial charge in [-0.3, -0.25) is 4.79 Å². The number of hydrogen-bond acceptors (Lipinski definition) is 2. The highest BCUT2D eigenvalue weighted by Gasteiger charge is 2.14. The SMILES string of the molecule is Cc1ccc(F)c(NC(=O)c2ccccc2OCc2ccc(F)cc2)c1. The fraction of sp³-hybridized carbons (Fsp3) is 0.0952. The number of carbonyl (C=O) groups excluding carboxylic acids is 1. The summed E-state index contributed by atoms with van der Waals surface area (Å²) in [5, 5.41) is 2.57. The van der Waals surface area contributed by atoms with E-state index in [2.05, 4.69) is 5.32 Å². The van der Waals surface area contributed by atoms with Gasteiger partial charge in [-0.05, 0) is 54.4 Å². The molecule has 0 saturated carbocycles. The number of aryl methyl sites for hydroxylation is 1. The van der Waals surface area contributed by atoms with E-state index >= 15 is 0 Å². The average Bonchev–Trinajstić information content (AvgIpc) is 2.64. The van der Waals surface area contributed by atoms with E-state index in [4.69, 9.17) is 4.74 Å². The molecule has 3 nitrogen and oxygen atoms in total. The summed E-state index contributed by atoms with van der Waals surface area (Å²) in [5.41, 5.74) is 2.01. The maximum atomic E-state index is 13.9. The Bertz CT molecular complexity index is 924. The minimum atomic E-state index is -0.506. The number of hydrogen-bond donors (Lipinski definition) is 1. The van der Waals surface area contributed by atoms with Crippen molar-refractivity contribution in [2.75, 3.05) is 5.32 Å². The standard InChI is InChI=1S/C21H17F2NO2/c1-14-6-11-18(23)19(12-14)24-21(25)17-4-2-3-5-20(17)26-13-15-7-9-16(22)10-8-15/h2-12H,13H2,1H3,(H,24,25). The lowest BCUT2D eigenvalue weighted by atomic mass is 10.1. The van der Waals surface area contributed by atoms with Crippen molar-refractivity contribution in [2.24, 2.45) is 0 Å².